The summed E-state index contributed by atoms with van der Waals surface area (Å²) in [6, 6.07) is 0. The molecular formula is C9H14N4O3. The first-order chi connectivity index (χ1) is 7.54. The maximum absolute atomic E-state index is 11.3. The maximum atomic E-state index is 11.3. The minimum atomic E-state index is -0.511. The fourth-order valence-corrected chi connectivity index (χ4v) is 1.24. The molecule has 0 unspecified atom stereocenters. The van der Waals surface area contributed by atoms with Crippen molar-refractivity contribution in [2.75, 3.05) is 6.54 Å². The first-order valence-electron chi connectivity index (χ1n) is 4.99. The number of carbonyl (C=O) groups excluding carboxylic acids is 1. The third kappa shape index (κ3) is 3.04. The highest BCUT2D eigenvalue weighted by Gasteiger charge is 2.16. The van der Waals surface area contributed by atoms with Crippen LogP contribution in [0.25, 0.3) is 0 Å². The van der Waals surface area contributed by atoms with Crippen molar-refractivity contribution in [2.45, 2.75) is 26.8 Å². The molecule has 1 aromatic heterocycles. The van der Waals surface area contributed by atoms with Gasteiger partial charge in [-0.2, -0.15) is 5.10 Å². The SMILES string of the molecule is CCCNC(=O)Cn1cc([N+](=O)[O-])c(C)n1. The van der Waals surface area contributed by atoms with Gasteiger partial charge in [-0.05, 0) is 13.3 Å². The number of nitrogens with zero attached hydrogens (tertiary/aromatic N) is 3. The first-order valence-corrected chi connectivity index (χ1v) is 4.99. The summed E-state index contributed by atoms with van der Waals surface area (Å²) in [6.45, 7) is 4.09. The highest BCUT2D eigenvalue weighted by atomic mass is 16.6. The molecule has 0 saturated heterocycles. The molecule has 0 fully saturated rings. The lowest BCUT2D eigenvalue weighted by Gasteiger charge is -2.02. The van der Waals surface area contributed by atoms with Crippen LogP contribution in [-0.4, -0.2) is 27.2 Å². The van der Waals surface area contributed by atoms with E-state index in [2.05, 4.69) is 10.4 Å². The van der Waals surface area contributed by atoms with Crippen molar-refractivity contribution in [1.82, 2.24) is 15.1 Å². The van der Waals surface area contributed by atoms with E-state index in [4.69, 9.17) is 0 Å². The minimum absolute atomic E-state index is 0.00861. The Bertz CT molecular complexity index is 399. The number of rotatable bonds is 5. The van der Waals surface area contributed by atoms with E-state index in [0.29, 0.717) is 12.2 Å². The Morgan fingerprint density at radius 1 is 1.69 bits per heavy atom. The lowest BCUT2D eigenvalue weighted by Crippen LogP contribution is -2.28. The summed E-state index contributed by atoms with van der Waals surface area (Å²) in [5, 5.41) is 17.1. The summed E-state index contributed by atoms with van der Waals surface area (Å²) in [7, 11) is 0. The van der Waals surface area contributed by atoms with Gasteiger partial charge in [-0.15, -0.1) is 0 Å². The molecule has 1 N–H and O–H groups in total. The molecule has 0 spiro atoms. The van der Waals surface area contributed by atoms with Gasteiger partial charge in [0.15, 0.2) is 0 Å². The third-order valence-corrected chi connectivity index (χ3v) is 1.99. The van der Waals surface area contributed by atoms with E-state index < -0.39 is 4.92 Å². The molecule has 1 amide bonds. The van der Waals surface area contributed by atoms with Crippen molar-refractivity contribution in [3.63, 3.8) is 0 Å². The van der Waals surface area contributed by atoms with Crippen molar-refractivity contribution < 1.29 is 9.72 Å². The molecule has 16 heavy (non-hydrogen) atoms. The minimum Gasteiger partial charge on any atom is -0.355 e. The van der Waals surface area contributed by atoms with Gasteiger partial charge >= 0.3 is 5.69 Å². The number of nitrogens with one attached hydrogen (secondary N) is 1. The van der Waals surface area contributed by atoms with Gasteiger partial charge in [-0.3, -0.25) is 19.6 Å². The molecule has 7 nitrogen and oxygen atoms in total. The molecule has 0 aliphatic rings. The summed E-state index contributed by atoms with van der Waals surface area (Å²) >= 11 is 0. The van der Waals surface area contributed by atoms with Crippen LogP contribution in [0.2, 0.25) is 0 Å². The lowest BCUT2D eigenvalue weighted by molar-refractivity contribution is -0.385. The van der Waals surface area contributed by atoms with E-state index in [1.807, 2.05) is 6.92 Å². The Morgan fingerprint density at radius 3 is 2.88 bits per heavy atom. The Kier molecular flexibility index (Phi) is 3.98. The molecule has 1 heterocycles. The first kappa shape index (κ1) is 12.2. The number of amides is 1. The van der Waals surface area contributed by atoms with E-state index in [0.717, 1.165) is 6.42 Å². The topological polar surface area (TPSA) is 90.1 Å². The van der Waals surface area contributed by atoms with Crippen molar-refractivity contribution in [2.24, 2.45) is 0 Å². The molecular weight excluding hydrogens is 212 g/mol. The average molecular weight is 226 g/mol. The monoisotopic (exact) mass is 226 g/mol. The summed E-state index contributed by atoms with van der Waals surface area (Å²) in [5.74, 6) is -0.195. The van der Waals surface area contributed by atoms with Crippen LogP contribution in [0.15, 0.2) is 6.20 Å². The maximum Gasteiger partial charge on any atom is 0.309 e. The van der Waals surface area contributed by atoms with E-state index in [9.17, 15) is 14.9 Å². The van der Waals surface area contributed by atoms with E-state index in [1.165, 1.54) is 10.9 Å². The van der Waals surface area contributed by atoms with E-state index in [-0.39, 0.29) is 18.1 Å². The van der Waals surface area contributed by atoms with Crippen molar-refractivity contribution in [3.8, 4) is 0 Å². The van der Waals surface area contributed by atoms with Crippen LogP contribution < -0.4 is 5.32 Å². The lowest BCUT2D eigenvalue weighted by atomic mass is 10.4. The number of hydrogen-bond donors (Lipinski definition) is 1. The van der Waals surface area contributed by atoms with Crippen LogP contribution in [-0.2, 0) is 11.3 Å². The van der Waals surface area contributed by atoms with Crippen molar-refractivity contribution in [1.29, 1.82) is 0 Å². The van der Waals surface area contributed by atoms with Crippen LogP contribution in [0.5, 0.6) is 0 Å². The van der Waals surface area contributed by atoms with Crippen LogP contribution in [0.1, 0.15) is 19.0 Å². The van der Waals surface area contributed by atoms with Crippen LogP contribution in [0.3, 0.4) is 0 Å². The fraction of sp³-hybridized carbons (Fsp3) is 0.556. The van der Waals surface area contributed by atoms with Crippen LogP contribution in [0.4, 0.5) is 5.69 Å². The summed E-state index contributed by atoms with van der Waals surface area (Å²) in [5.41, 5.74) is 0.247. The normalized spacial score (nSPS) is 10.1. The number of carbonyl (C=O) groups is 1. The predicted molar refractivity (Wildman–Crippen MR) is 56.9 cm³/mol. The van der Waals surface area contributed by atoms with Gasteiger partial charge < -0.3 is 5.32 Å². The summed E-state index contributed by atoms with van der Waals surface area (Å²) in [4.78, 5) is 21.4. The zero-order valence-corrected chi connectivity index (χ0v) is 9.27. The molecule has 1 rings (SSSR count). The molecule has 7 heteroatoms. The van der Waals surface area contributed by atoms with E-state index in [1.54, 1.807) is 6.92 Å². The highest BCUT2D eigenvalue weighted by molar-refractivity contribution is 5.75. The van der Waals surface area contributed by atoms with Gasteiger partial charge in [-0.25, -0.2) is 0 Å². The smallest absolute Gasteiger partial charge is 0.309 e. The summed E-state index contributed by atoms with van der Waals surface area (Å²) < 4.78 is 1.28. The second-order valence-electron chi connectivity index (χ2n) is 3.40. The summed E-state index contributed by atoms with van der Waals surface area (Å²) in [6.07, 6.45) is 2.12. The fourth-order valence-electron chi connectivity index (χ4n) is 1.24. The Labute approximate surface area is 92.6 Å². The molecule has 0 atom stereocenters. The van der Waals surface area contributed by atoms with Gasteiger partial charge in [0.2, 0.25) is 5.91 Å². The Morgan fingerprint density at radius 2 is 2.38 bits per heavy atom. The van der Waals surface area contributed by atoms with Gasteiger partial charge in [-0.1, -0.05) is 6.92 Å². The van der Waals surface area contributed by atoms with E-state index >= 15 is 0 Å². The molecule has 88 valence electrons. The van der Waals surface area contributed by atoms with Crippen LogP contribution in [0, 0.1) is 17.0 Å². The number of hydrogen-bond acceptors (Lipinski definition) is 4. The van der Waals surface area contributed by atoms with Crippen molar-refractivity contribution in [3.05, 3.63) is 22.0 Å². The number of aromatic nitrogens is 2. The molecule has 0 radical (unpaired) electrons. The molecule has 0 aliphatic heterocycles. The molecule has 1 aromatic rings. The third-order valence-electron chi connectivity index (χ3n) is 1.99. The molecule has 0 saturated carbocycles. The zero-order chi connectivity index (χ0) is 12.1. The van der Waals surface area contributed by atoms with Gasteiger partial charge in [0.25, 0.3) is 0 Å². The number of nitro groups is 1. The van der Waals surface area contributed by atoms with Crippen molar-refractivity contribution >= 4 is 11.6 Å². The van der Waals surface area contributed by atoms with Crippen LogP contribution >= 0.6 is 0 Å². The second-order valence-corrected chi connectivity index (χ2v) is 3.40. The number of aryl methyl sites for hydroxylation is 1. The second kappa shape index (κ2) is 5.24. The Balaban J connectivity index is 2.64. The quantitative estimate of drug-likeness (QED) is 0.588. The Hall–Kier alpha value is -1.92. The molecule has 0 bridgehead atoms. The zero-order valence-electron chi connectivity index (χ0n) is 9.27. The average Bonchev–Trinajstić information content (AvgIpc) is 2.56. The predicted octanol–water partition coefficient (Wildman–Crippen LogP) is 0.626. The largest absolute Gasteiger partial charge is 0.355 e. The van der Waals surface area contributed by atoms with Gasteiger partial charge in [0.05, 0.1) is 4.92 Å². The van der Waals surface area contributed by atoms with Gasteiger partial charge in [0, 0.05) is 6.54 Å². The molecule has 0 aliphatic carbocycles. The highest BCUT2D eigenvalue weighted by Crippen LogP contribution is 2.14. The van der Waals surface area contributed by atoms with Gasteiger partial charge in [0.1, 0.15) is 18.4 Å². The standard InChI is InChI=1S/C9H14N4O3/c1-3-4-10-9(14)6-12-5-8(13(15)16)7(2)11-12/h5H,3-4,6H2,1-2H3,(H,10,14). The molecule has 0 aromatic carbocycles.